The van der Waals surface area contributed by atoms with Gasteiger partial charge < -0.3 is 10.2 Å². The van der Waals surface area contributed by atoms with Crippen LogP contribution < -0.4 is 10.2 Å². The molecule has 3 rings (SSSR count). The van der Waals surface area contributed by atoms with Crippen LogP contribution in [0, 0.1) is 0 Å². The van der Waals surface area contributed by atoms with Crippen LogP contribution in [-0.2, 0) is 0 Å². The summed E-state index contributed by atoms with van der Waals surface area (Å²) in [6, 6.07) is 0. The van der Waals surface area contributed by atoms with Gasteiger partial charge in [-0.05, 0) is 18.6 Å². The number of aliphatic imine (C=N–C) groups is 1. The Morgan fingerprint density at radius 3 is 3.12 bits per heavy atom. The molecule has 2 aliphatic rings. The van der Waals surface area contributed by atoms with Crippen molar-refractivity contribution in [2.45, 2.75) is 6.92 Å². The Morgan fingerprint density at radius 2 is 2.31 bits per heavy atom. The summed E-state index contributed by atoms with van der Waals surface area (Å²) in [4.78, 5) is 15.4. The monoisotopic (exact) mass is 215 g/mol. The molecule has 2 aliphatic heterocycles. The molecule has 1 N–H and O–H groups in total. The van der Waals surface area contributed by atoms with Crippen LogP contribution in [0.2, 0.25) is 0 Å². The van der Waals surface area contributed by atoms with E-state index in [1.165, 1.54) is 5.57 Å². The summed E-state index contributed by atoms with van der Waals surface area (Å²) in [7, 11) is 1.82. The molecule has 0 fully saturated rings. The number of anilines is 2. The van der Waals surface area contributed by atoms with E-state index in [2.05, 4.69) is 38.2 Å². The summed E-state index contributed by atoms with van der Waals surface area (Å²) < 4.78 is 0. The number of hydrogen-bond acceptors (Lipinski definition) is 5. The molecule has 3 heterocycles. The van der Waals surface area contributed by atoms with E-state index in [0.29, 0.717) is 5.95 Å². The van der Waals surface area contributed by atoms with Crippen molar-refractivity contribution in [3.05, 3.63) is 17.3 Å². The van der Waals surface area contributed by atoms with Crippen LogP contribution in [0.25, 0.3) is 6.08 Å². The molecule has 5 heteroatoms. The van der Waals surface area contributed by atoms with E-state index >= 15 is 0 Å². The van der Waals surface area contributed by atoms with Crippen LogP contribution in [0.4, 0.5) is 11.8 Å². The first kappa shape index (κ1) is 9.33. The second-order valence-corrected chi connectivity index (χ2v) is 3.91. The van der Waals surface area contributed by atoms with Crippen molar-refractivity contribution in [2.24, 2.45) is 4.99 Å². The lowest BCUT2D eigenvalue weighted by molar-refractivity contribution is 0.983. The molecule has 5 nitrogen and oxygen atoms in total. The highest BCUT2D eigenvalue weighted by molar-refractivity contribution is 6.15. The van der Waals surface area contributed by atoms with Crippen LogP contribution in [0.15, 0.2) is 16.8 Å². The first-order valence-electron chi connectivity index (χ1n) is 5.35. The highest BCUT2D eigenvalue weighted by Gasteiger charge is 2.27. The quantitative estimate of drug-likeness (QED) is 0.763. The van der Waals surface area contributed by atoms with Gasteiger partial charge in [-0.1, -0.05) is 0 Å². The lowest BCUT2D eigenvalue weighted by Crippen LogP contribution is -2.32. The van der Waals surface area contributed by atoms with E-state index in [1.54, 1.807) is 0 Å². The van der Waals surface area contributed by atoms with E-state index in [-0.39, 0.29) is 0 Å². The van der Waals surface area contributed by atoms with Crippen molar-refractivity contribution in [2.75, 3.05) is 30.4 Å². The van der Waals surface area contributed by atoms with Gasteiger partial charge in [0.25, 0.3) is 0 Å². The number of rotatable bonds is 1. The van der Waals surface area contributed by atoms with E-state index in [0.717, 1.165) is 30.3 Å². The number of nitrogens with zero attached hydrogens (tertiary/aromatic N) is 4. The van der Waals surface area contributed by atoms with Gasteiger partial charge in [0.15, 0.2) is 0 Å². The normalized spacial score (nSPS) is 17.5. The SMILES string of the molecule is CNc1ncc2c(n1)N1CCN=C1C(C)=C2. The Hall–Kier alpha value is -1.91. The molecule has 0 atom stereocenters. The van der Waals surface area contributed by atoms with Gasteiger partial charge in [-0.25, -0.2) is 4.98 Å². The fourth-order valence-electron chi connectivity index (χ4n) is 2.11. The zero-order valence-corrected chi connectivity index (χ0v) is 9.36. The van der Waals surface area contributed by atoms with E-state index in [9.17, 15) is 0 Å². The molecule has 0 saturated heterocycles. The van der Waals surface area contributed by atoms with Gasteiger partial charge in [0.2, 0.25) is 5.95 Å². The van der Waals surface area contributed by atoms with Crippen LogP contribution in [-0.4, -0.2) is 35.9 Å². The van der Waals surface area contributed by atoms with Crippen LogP contribution in [0.5, 0.6) is 0 Å². The van der Waals surface area contributed by atoms with E-state index < -0.39 is 0 Å². The van der Waals surface area contributed by atoms with Gasteiger partial charge in [-0.3, -0.25) is 4.99 Å². The second-order valence-electron chi connectivity index (χ2n) is 3.91. The maximum absolute atomic E-state index is 4.49. The molecule has 1 aromatic rings. The summed E-state index contributed by atoms with van der Waals surface area (Å²) in [5, 5.41) is 2.96. The molecule has 82 valence electrons. The van der Waals surface area contributed by atoms with Gasteiger partial charge >= 0.3 is 0 Å². The Balaban J connectivity index is 2.17. The number of amidine groups is 1. The van der Waals surface area contributed by atoms with Gasteiger partial charge in [-0.2, -0.15) is 4.98 Å². The van der Waals surface area contributed by atoms with Crippen molar-refractivity contribution in [3.63, 3.8) is 0 Å². The first-order chi connectivity index (χ1) is 7.79. The average Bonchev–Trinajstić information content (AvgIpc) is 2.78. The maximum atomic E-state index is 4.49. The zero-order valence-electron chi connectivity index (χ0n) is 9.36. The van der Waals surface area contributed by atoms with Crippen molar-refractivity contribution in [1.29, 1.82) is 0 Å². The zero-order chi connectivity index (χ0) is 11.1. The summed E-state index contributed by atoms with van der Waals surface area (Å²) in [5.41, 5.74) is 2.25. The molecule has 0 aromatic carbocycles. The van der Waals surface area contributed by atoms with Crippen molar-refractivity contribution in [1.82, 2.24) is 9.97 Å². The Labute approximate surface area is 93.9 Å². The molecule has 0 spiro atoms. The molecule has 0 amide bonds. The minimum absolute atomic E-state index is 0.651. The highest BCUT2D eigenvalue weighted by Crippen LogP contribution is 2.30. The predicted octanol–water partition coefficient (Wildman–Crippen LogP) is 1.15. The average molecular weight is 215 g/mol. The largest absolute Gasteiger partial charge is 0.357 e. The number of fused-ring (bicyclic) bond motifs is 3. The minimum Gasteiger partial charge on any atom is -0.357 e. The lowest BCUT2D eigenvalue weighted by Gasteiger charge is -2.25. The third-order valence-electron chi connectivity index (χ3n) is 2.84. The number of nitrogens with one attached hydrogen (secondary N) is 1. The topological polar surface area (TPSA) is 53.4 Å². The van der Waals surface area contributed by atoms with Crippen molar-refractivity contribution in [3.8, 4) is 0 Å². The predicted molar refractivity (Wildman–Crippen MR) is 64.9 cm³/mol. The highest BCUT2D eigenvalue weighted by atomic mass is 15.3. The third-order valence-corrected chi connectivity index (χ3v) is 2.84. The number of aromatic nitrogens is 2. The third kappa shape index (κ3) is 1.21. The number of hydrogen-bond donors (Lipinski definition) is 1. The van der Waals surface area contributed by atoms with Crippen LogP contribution in [0.3, 0.4) is 0 Å². The van der Waals surface area contributed by atoms with Crippen molar-refractivity contribution < 1.29 is 0 Å². The fraction of sp³-hybridized carbons (Fsp3) is 0.364. The summed E-state index contributed by atoms with van der Waals surface area (Å²) in [5.74, 6) is 2.66. The van der Waals surface area contributed by atoms with Gasteiger partial charge in [0.05, 0.1) is 6.54 Å². The lowest BCUT2D eigenvalue weighted by atomic mass is 10.1. The van der Waals surface area contributed by atoms with Crippen LogP contribution >= 0.6 is 0 Å². The van der Waals surface area contributed by atoms with Gasteiger partial charge in [0, 0.05) is 25.4 Å². The maximum Gasteiger partial charge on any atom is 0.224 e. The summed E-state index contributed by atoms with van der Waals surface area (Å²) in [6.07, 6.45) is 3.95. The fourth-order valence-corrected chi connectivity index (χ4v) is 2.11. The Bertz CT molecular complexity index is 503. The Morgan fingerprint density at radius 1 is 1.44 bits per heavy atom. The minimum atomic E-state index is 0.651. The summed E-state index contributed by atoms with van der Waals surface area (Å²) in [6.45, 7) is 3.83. The molecule has 1 aromatic heterocycles. The molecule has 0 saturated carbocycles. The van der Waals surface area contributed by atoms with Crippen LogP contribution in [0.1, 0.15) is 12.5 Å². The molecular formula is C11H13N5. The standard InChI is InChI=1S/C11H13N5/c1-7-5-8-6-14-11(12-2)15-10(8)16-4-3-13-9(7)16/h5-6H,3-4H2,1-2H3,(H,12,14,15). The molecule has 0 bridgehead atoms. The second kappa shape index (κ2) is 3.30. The van der Waals surface area contributed by atoms with E-state index in [1.807, 2.05) is 13.2 Å². The molecule has 16 heavy (non-hydrogen) atoms. The smallest absolute Gasteiger partial charge is 0.224 e. The molecular weight excluding hydrogens is 202 g/mol. The van der Waals surface area contributed by atoms with Gasteiger partial charge in [-0.15, -0.1) is 0 Å². The van der Waals surface area contributed by atoms with Crippen molar-refractivity contribution >= 4 is 23.7 Å². The molecule has 0 unspecified atom stereocenters. The molecule has 0 radical (unpaired) electrons. The first-order valence-corrected chi connectivity index (χ1v) is 5.35. The van der Waals surface area contributed by atoms with Gasteiger partial charge in [0.1, 0.15) is 11.7 Å². The molecule has 0 aliphatic carbocycles. The summed E-state index contributed by atoms with van der Waals surface area (Å²) >= 11 is 0. The Kier molecular flexibility index (Phi) is 1.92. The van der Waals surface area contributed by atoms with E-state index in [4.69, 9.17) is 0 Å².